The highest BCUT2D eigenvalue weighted by atomic mass is 16.3. The molecular weight excluding hydrogens is 200 g/mol. The second-order valence-corrected chi connectivity index (χ2v) is 4.46. The number of nitrogens with one attached hydrogen (secondary N) is 1. The van der Waals surface area contributed by atoms with Gasteiger partial charge in [-0.3, -0.25) is 0 Å². The Bertz CT molecular complexity index is 350. The Labute approximate surface area is 98.1 Å². The van der Waals surface area contributed by atoms with Gasteiger partial charge in [-0.1, -0.05) is 6.07 Å². The van der Waals surface area contributed by atoms with Gasteiger partial charge in [0.1, 0.15) is 5.75 Å². The molecule has 0 spiro atoms. The lowest BCUT2D eigenvalue weighted by Gasteiger charge is -2.25. The number of benzene rings is 1. The molecule has 0 radical (unpaired) electrons. The second-order valence-electron chi connectivity index (χ2n) is 4.46. The maximum Gasteiger partial charge on any atom is 0.122 e. The summed E-state index contributed by atoms with van der Waals surface area (Å²) in [7, 11) is 3.92. The van der Waals surface area contributed by atoms with Gasteiger partial charge in [-0.25, -0.2) is 0 Å². The molecule has 1 aromatic rings. The SMILES string of the molecule is CNC(C)c1ccc(N(C)C(C)C)cc1O. The van der Waals surface area contributed by atoms with Gasteiger partial charge in [0, 0.05) is 36.4 Å². The van der Waals surface area contributed by atoms with Crippen LogP contribution in [0.15, 0.2) is 18.2 Å². The Kier molecular flexibility index (Phi) is 4.19. The normalized spacial score (nSPS) is 12.9. The van der Waals surface area contributed by atoms with Gasteiger partial charge in [-0.15, -0.1) is 0 Å². The molecule has 16 heavy (non-hydrogen) atoms. The summed E-state index contributed by atoms with van der Waals surface area (Å²) in [4.78, 5) is 2.13. The van der Waals surface area contributed by atoms with E-state index in [1.54, 1.807) is 0 Å². The number of phenolic OH excluding ortho intramolecular Hbond substituents is 1. The number of hydrogen-bond acceptors (Lipinski definition) is 3. The zero-order chi connectivity index (χ0) is 12.3. The van der Waals surface area contributed by atoms with Crippen LogP contribution in [-0.4, -0.2) is 25.2 Å². The summed E-state index contributed by atoms with van der Waals surface area (Å²) < 4.78 is 0. The van der Waals surface area contributed by atoms with Crippen molar-refractivity contribution in [2.24, 2.45) is 0 Å². The van der Waals surface area contributed by atoms with Crippen LogP contribution in [0.2, 0.25) is 0 Å². The molecule has 0 aliphatic carbocycles. The van der Waals surface area contributed by atoms with E-state index in [1.165, 1.54) is 0 Å². The van der Waals surface area contributed by atoms with E-state index in [2.05, 4.69) is 24.1 Å². The third-order valence-corrected chi connectivity index (χ3v) is 3.10. The first-order valence-corrected chi connectivity index (χ1v) is 5.70. The Morgan fingerprint density at radius 2 is 1.88 bits per heavy atom. The Hall–Kier alpha value is -1.22. The van der Waals surface area contributed by atoms with Gasteiger partial charge in [0.15, 0.2) is 0 Å². The molecule has 0 amide bonds. The molecule has 0 saturated carbocycles. The van der Waals surface area contributed by atoms with Crippen molar-refractivity contribution in [3.8, 4) is 5.75 Å². The maximum absolute atomic E-state index is 9.96. The summed E-state index contributed by atoms with van der Waals surface area (Å²) in [6.07, 6.45) is 0. The van der Waals surface area contributed by atoms with Gasteiger partial charge >= 0.3 is 0 Å². The second kappa shape index (κ2) is 5.21. The summed E-state index contributed by atoms with van der Waals surface area (Å²) in [6, 6.07) is 6.43. The van der Waals surface area contributed by atoms with Crippen molar-refractivity contribution in [3.63, 3.8) is 0 Å². The van der Waals surface area contributed by atoms with Crippen LogP contribution in [0.3, 0.4) is 0 Å². The number of anilines is 1. The highest BCUT2D eigenvalue weighted by Gasteiger charge is 2.11. The van der Waals surface area contributed by atoms with Crippen molar-refractivity contribution in [1.29, 1.82) is 0 Å². The molecule has 0 saturated heterocycles. The van der Waals surface area contributed by atoms with E-state index in [4.69, 9.17) is 0 Å². The van der Waals surface area contributed by atoms with E-state index in [-0.39, 0.29) is 6.04 Å². The van der Waals surface area contributed by atoms with E-state index in [1.807, 2.05) is 39.2 Å². The van der Waals surface area contributed by atoms with Crippen molar-refractivity contribution in [1.82, 2.24) is 5.32 Å². The van der Waals surface area contributed by atoms with Crippen LogP contribution < -0.4 is 10.2 Å². The topological polar surface area (TPSA) is 35.5 Å². The fourth-order valence-corrected chi connectivity index (χ4v) is 1.57. The molecule has 0 aliphatic heterocycles. The van der Waals surface area contributed by atoms with Crippen LogP contribution in [0.4, 0.5) is 5.69 Å². The Morgan fingerprint density at radius 1 is 1.25 bits per heavy atom. The van der Waals surface area contributed by atoms with Crippen molar-refractivity contribution in [2.75, 3.05) is 19.0 Å². The van der Waals surface area contributed by atoms with Gasteiger partial charge < -0.3 is 15.3 Å². The Morgan fingerprint density at radius 3 is 2.31 bits per heavy atom. The largest absolute Gasteiger partial charge is 0.508 e. The van der Waals surface area contributed by atoms with E-state index in [9.17, 15) is 5.11 Å². The molecule has 1 unspecified atom stereocenters. The molecule has 0 aromatic heterocycles. The fraction of sp³-hybridized carbons (Fsp3) is 0.538. The molecule has 2 N–H and O–H groups in total. The van der Waals surface area contributed by atoms with Gasteiger partial charge in [-0.2, -0.15) is 0 Å². The molecule has 0 heterocycles. The first-order chi connectivity index (χ1) is 7.47. The monoisotopic (exact) mass is 222 g/mol. The van der Waals surface area contributed by atoms with Crippen molar-refractivity contribution < 1.29 is 5.11 Å². The van der Waals surface area contributed by atoms with Crippen molar-refractivity contribution in [2.45, 2.75) is 32.9 Å². The van der Waals surface area contributed by atoms with Gasteiger partial charge in [0.2, 0.25) is 0 Å². The molecule has 1 aromatic carbocycles. The van der Waals surface area contributed by atoms with E-state index < -0.39 is 0 Å². The zero-order valence-corrected chi connectivity index (χ0v) is 10.8. The maximum atomic E-state index is 9.96. The molecule has 90 valence electrons. The standard InChI is InChI=1S/C13H22N2O/c1-9(2)15(5)11-6-7-12(10(3)14-4)13(16)8-11/h6-10,14,16H,1-5H3. The number of phenols is 1. The van der Waals surface area contributed by atoms with Crippen LogP contribution in [0.25, 0.3) is 0 Å². The van der Waals surface area contributed by atoms with Crippen LogP contribution in [0, 0.1) is 0 Å². The minimum Gasteiger partial charge on any atom is -0.508 e. The number of aromatic hydroxyl groups is 1. The van der Waals surface area contributed by atoms with E-state index in [0.717, 1.165) is 11.3 Å². The average molecular weight is 222 g/mol. The molecule has 3 heteroatoms. The minimum absolute atomic E-state index is 0.165. The third kappa shape index (κ3) is 2.67. The molecule has 0 fully saturated rings. The first kappa shape index (κ1) is 12.8. The number of rotatable bonds is 4. The van der Waals surface area contributed by atoms with Crippen LogP contribution in [0.5, 0.6) is 5.75 Å². The zero-order valence-electron chi connectivity index (χ0n) is 10.8. The number of nitrogens with zero attached hydrogens (tertiary/aromatic N) is 1. The lowest BCUT2D eigenvalue weighted by atomic mass is 10.1. The minimum atomic E-state index is 0.165. The number of hydrogen-bond donors (Lipinski definition) is 2. The van der Waals surface area contributed by atoms with Crippen LogP contribution >= 0.6 is 0 Å². The van der Waals surface area contributed by atoms with Gasteiger partial charge in [0.25, 0.3) is 0 Å². The van der Waals surface area contributed by atoms with E-state index in [0.29, 0.717) is 11.8 Å². The molecule has 1 atom stereocenters. The summed E-state index contributed by atoms with van der Waals surface area (Å²) in [5.74, 6) is 0.354. The molecule has 0 bridgehead atoms. The first-order valence-electron chi connectivity index (χ1n) is 5.70. The molecule has 1 rings (SSSR count). The Balaban J connectivity index is 2.99. The van der Waals surface area contributed by atoms with Gasteiger partial charge in [0.05, 0.1) is 0 Å². The van der Waals surface area contributed by atoms with Crippen molar-refractivity contribution >= 4 is 5.69 Å². The average Bonchev–Trinajstić information content (AvgIpc) is 2.26. The summed E-state index contributed by atoms with van der Waals surface area (Å²) in [6.45, 7) is 6.28. The molecule has 0 aliphatic rings. The van der Waals surface area contributed by atoms with Crippen LogP contribution in [-0.2, 0) is 0 Å². The third-order valence-electron chi connectivity index (χ3n) is 3.10. The predicted molar refractivity (Wildman–Crippen MR) is 69.1 cm³/mol. The lowest BCUT2D eigenvalue weighted by molar-refractivity contribution is 0.457. The van der Waals surface area contributed by atoms with Crippen LogP contribution in [0.1, 0.15) is 32.4 Å². The quantitative estimate of drug-likeness (QED) is 0.821. The van der Waals surface area contributed by atoms with Crippen molar-refractivity contribution in [3.05, 3.63) is 23.8 Å². The highest BCUT2D eigenvalue weighted by molar-refractivity contribution is 5.54. The lowest BCUT2D eigenvalue weighted by Crippen LogP contribution is -2.25. The highest BCUT2D eigenvalue weighted by Crippen LogP contribution is 2.29. The molecular formula is C13H22N2O. The summed E-state index contributed by atoms with van der Waals surface area (Å²) >= 11 is 0. The predicted octanol–water partition coefficient (Wildman–Crippen LogP) is 2.52. The molecule has 3 nitrogen and oxygen atoms in total. The summed E-state index contributed by atoms with van der Waals surface area (Å²) in [5, 5.41) is 13.1. The van der Waals surface area contributed by atoms with E-state index >= 15 is 0 Å². The summed E-state index contributed by atoms with van der Waals surface area (Å²) in [5.41, 5.74) is 1.97. The van der Waals surface area contributed by atoms with Gasteiger partial charge in [-0.05, 0) is 33.9 Å². The fourth-order valence-electron chi connectivity index (χ4n) is 1.57. The smallest absolute Gasteiger partial charge is 0.122 e.